The number of benzene rings is 1. The largest absolute Gasteiger partial charge is 0.493 e. The normalized spacial score (nSPS) is 14.5. The molecule has 0 unspecified atom stereocenters. The van der Waals surface area contributed by atoms with E-state index in [-0.39, 0.29) is 11.0 Å². The van der Waals surface area contributed by atoms with E-state index < -0.39 is 0 Å². The summed E-state index contributed by atoms with van der Waals surface area (Å²) in [6.45, 7) is 15.6. The number of thioether (sulfide) groups is 1. The van der Waals surface area contributed by atoms with Gasteiger partial charge < -0.3 is 4.74 Å². The third-order valence-electron chi connectivity index (χ3n) is 4.94. The van der Waals surface area contributed by atoms with Gasteiger partial charge in [0.2, 0.25) is 0 Å². The van der Waals surface area contributed by atoms with Crippen LogP contribution >= 0.6 is 11.8 Å². The fraction of sp³-hybridized carbons (Fsp3) is 0.478. The lowest BCUT2D eigenvalue weighted by Gasteiger charge is -2.33. The smallest absolute Gasteiger partial charge is 0.258 e. The molecule has 0 saturated carbocycles. The van der Waals surface area contributed by atoms with Gasteiger partial charge in [-0.15, -0.1) is 6.58 Å². The van der Waals surface area contributed by atoms with Gasteiger partial charge in [-0.25, -0.2) is 4.98 Å². The number of hydrogen-bond acceptors (Lipinski definition) is 4. The van der Waals surface area contributed by atoms with Crippen molar-refractivity contribution < 1.29 is 4.74 Å². The van der Waals surface area contributed by atoms with Gasteiger partial charge in [0.05, 0.1) is 12.3 Å². The van der Waals surface area contributed by atoms with Crippen molar-refractivity contribution in [2.75, 3.05) is 12.4 Å². The molecule has 0 N–H and O–H groups in total. The first-order valence-corrected chi connectivity index (χ1v) is 10.9. The fourth-order valence-electron chi connectivity index (χ4n) is 3.73. The highest BCUT2D eigenvalue weighted by atomic mass is 32.2. The number of allylic oxidation sites excluding steroid dienone is 1. The highest BCUT2D eigenvalue weighted by Gasteiger charge is 2.36. The Hall–Kier alpha value is -2.01. The molecule has 0 radical (unpaired) electrons. The first kappa shape index (κ1) is 20.7. The fourth-order valence-corrected chi connectivity index (χ4v) is 4.46. The van der Waals surface area contributed by atoms with Gasteiger partial charge >= 0.3 is 0 Å². The Morgan fingerprint density at radius 2 is 2.14 bits per heavy atom. The molecule has 1 aliphatic carbocycles. The quantitative estimate of drug-likeness (QED) is 0.371. The van der Waals surface area contributed by atoms with Gasteiger partial charge in [0, 0.05) is 23.1 Å². The number of aromatic nitrogens is 2. The number of ether oxygens (including phenoxy) is 1. The molecule has 1 heterocycles. The lowest BCUT2D eigenvalue weighted by Crippen LogP contribution is -2.38. The third-order valence-corrected chi connectivity index (χ3v) is 5.80. The minimum Gasteiger partial charge on any atom is -0.493 e. The van der Waals surface area contributed by atoms with E-state index in [4.69, 9.17) is 9.72 Å². The zero-order valence-electron chi connectivity index (χ0n) is 17.5. The Bertz CT molecular complexity index is 944. The Kier molecular flexibility index (Phi) is 6.04. The van der Waals surface area contributed by atoms with Gasteiger partial charge in [0.25, 0.3) is 5.56 Å². The van der Waals surface area contributed by atoms with Crippen molar-refractivity contribution in [1.29, 1.82) is 0 Å². The highest BCUT2D eigenvalue weighted by molar-refractivity contribution is 7.99. The first-order valence-electron chi connectivity index (χ1n) is 9.93. The van der Waals surface area contributed by atoms with E-state index in [0.717, 1.165) is 39.9 Å². The average Bonchev–Trinajstić information content (AvgIpc) is 2.62. The molecule has 150 valence electrons. The molecule has 1 aliphatic rings. The van der Waals surface area contributed by atoms with Gasteiger partial charge in [-0.1, -0.05) is 52.5 Å². The summed E-state index contributed by atoms with van der Waals surface area (Å²) in [4.78, 5) is 18.4. The Morgan fingerprint density at radius 3 is 2.79 bits per heavy atom. The monoisotopic (exact) mass is 398 g/mol. The van der Waals surface area contributed by atoms with Gasteiger partial charge in [0.1, 0.15) is 5.75 Å². The molecule has 4 nitrogen and oxygen atoms in total. The summed E-state index contributed by atoms with van der Waals surface area (Å²) in [6.07, 6.45) is 2.55. The van der Waals surface area contributed by atoms with E-state index in [1.54, 1.807) is 22.4 Å². The van der Waals surface area contributed by atoms with Crippen LogP contribution in [0.5, 0.6) is 5.75 Å². The molecule has 1 aromatic carbocycles. The van der Waals surface area contributed by atoms with Crippen molar-refractivity contribution in [3.63, 3.8) is 0 Å². The summed E-state index contributed by atoms with van der Waals surface area (Å²) < 4.78 is 7.68. The van der Waals surface area contributed by atoms with E-state index in [0.29, 0.717) is 19.1 Å². The Labute approximate surface area is 172 Å². The van der Waals surface area contributed by atoms with Crippen LogP contribution in [0.25, 0.3) is 11.3 Å². The second-order valence-electron chi connectivity index (χ2n) is 8.34. The number of nitrogens with zero attached hydrogens (tertiary/aromatic N) is 2. The molecule has 28 heavy (non-hydrogen) atoms. The second-order valence-corrected chi connectivity index (χ2v) is 9.57. The van der Waals surface area contributed by atoms with Crippen LogP contribution in [0.3, 0.4) is 0 Å². The molecule has 0 bridgehead atoms. The molecule has 0 spiro atoms. The van der Waals surface area contributed by atoms with Crippen molar-refractivity contribution in [3.8, 4) is 17.0 Å². The summed E-state index contributed by atoms with van der Waals surface area (Å²) in [5.74, 6) is 2.22. The van der Waals surface area contributed by atoms with Gasteiger partial charge in [0.15, 0.2) is 5.16 Å². The zero-order valence-corrected chi connectivity index (χ0v) is 18.4. The number of hydrogen-bond donors (Lipinski definition) is 0. The molecule has 0 saturated heterocycles. The highest BCUT2D eigenvalue weighted by Crippen LogP contribution is 2.42. The Morgan fingerprint density at radius 1 is 1.39 bits per heavy atom. The lowest BCUT2D eigenvalue weighted by molar-refractivity contribution is 0.270. The molecule has 1 aromatic heterocycles. The minimum absolute atomic E-state index is 0.0524. The van der Waals surface area contributed by atoms with Crippen molar-refractivity contribution in [2.24, 2.45) is 5.92 Å². The standard InChI is InChI=1S/C23H30N2O2S/c1-7-11-25-21(26)19-20(24-22(25)28-8-2)18-10-9-17(27-14-15(3)4)12-16(18)13-23(19,5)6/h7,9-10,12,15H,1,8,11,13-14H2,2-6H3. The predicted molar refractivity (Wildman–Crippen MR) is 118 cm³/mol. The van der Waals surface area contributed by atoms with Crippen LogP contribution in [0.2, 0.25) is 0 Å². The summed E-state index contributed by atoms with van der Waals surface area (Å²) in [6, 6.07) is 6.17. The summed E-state index contributed by atoms with van der Waals surface area (Å²) in [5, 5.41) is 0.759. The maximum atomic E-state index is 13.4. The van der Waals surface area contributed by atoms with E-state index in [1.165, 1.54) is 5.56 Å². The van der Waals surface area contributed by atoms with Crippen molar-refractivity contribution in [3.05, 3.63) is 52.3 Å². The van der Waals surface area contributed by atoms with Crippen molar-refractivity contribution in [1.82, 2.24) is 9.55 Å². The van der Waals surface area contributed by atoms with Crippen LogP contribution in [-0.2, 0) is 18.4 Å². The predicted octanol–water partition coefficient (Wildman–Crippen LogP) is 5.08. The molecule has 0 amide bonds. The molecule has 0 fully saturated rings. The molecule has 3 rings (SSSR count). The third kappa shape index (κ3) is 3.90. The van der Waals surface area contributed by atoms with Gasteiger partial charge in [-0.3, -0.25) is 9.36 Å². The van der Waals surface area contributed by atoms with Crippen LogP contribution in [0.15, 0.2) is 40.8 Å². The number of fused-ring (bicyclic) bond motifs is 3. The molecular weight excluding hydrogens is 368 g/mol. The molecule has 0 atom stereocenters. The topological polar surface area (TPSA) is 44.1 Å². The van der Waals surface area contributed by atoms with Crippen LogP contribution < -0.4 is 10.3 Å². The van der Waals surface area contributed by atoms with Crippen LogP contribution in [0.4, 0.5) is 0 Å². The summed E-state index contributed by atoms with van der Waals surface area (Å²) in [5.41, 5.74) is 3.63. The van der Waals surface area contributed by atoms with E-state index in [9.17, 15) is 4.79 Å². The lowest BCUT2D eigenvalue weighted by atomic mass is 9.72. The molecule has 0 aliphatic heterocycles. The zero-order chi connectivity index (χ0) is 20.5. The summed E-state index contributed by atoms with van der Waals surface area (Å²) in [7, 11) is 0. The SMILES string of the molecule is C=CCn1c(SCC)nc2c(c1=O)C(C)(C)Cc1cc(OCC(C)C)ccc1-2. The molecular formula is C23H30N2O2S. The van der Waals surface area contributed by atoms with E-state index >= 15 is 0 Å². The molecule has 5 heteroatoms. The van der Waals surface area contributed by atoms with E-state index in [2.05, 4.69) is 53.3 Å². The number of rotatable bonds is 7. The minimum atomic E-state index is -0.290. The van der Waals surface area contributed by atoms with Gasteiger partial charge in [-0.05, 0) is 41.9 Å². The van der Waals surface area contributed by atoms with Crippen molar-refractivity contribution >= 4 is 11.8 Å². The van der Waals surface area contributed by atoms with Crippen LogP contribution in [0, 0.1) is 5.92 Å². The first-order chi connectivity index (χ1) is 13.3. The van der Waals surface area contributed by atoms with Crippen LogP contribution in [0.1, 0.15) is 45.7 Å². The molecule has 2 aromatic rings. The maximum absolute atomic E-state index is 13.4. The van der Waals surface area contributed by atoms with Crippen LogP contribution in [-0.4, -0.2) is 21.9 Å². The summed E-state index contributed by atoms with van der Waals surface area (Å²) >= 11 is 1.60. The van der Waals surface area contributed by atoms with E-state index in [1.807, 2.05) is 6.07 Å². The average molecular weight is 399 g/mol. The Balaban J connectivity index is 2.18. The van der Waals surface area contributed by atoms with Crippen molar-refractivity contribution in [2.45, 2.75) is 58.2 Å². The maximum Gasteiger partial charge on any atom is 0.258 e. The van der Waals surface area contributed by atoms with Gasteiger partial charge in [-0.2, -0.15) is 0 Å². The second kappa shape index (κ2) is 8.16.